The van der Waals surface area contributed by atoms with E-state index in [1.54, 1.807) is 0 Å². The second kappa shape index (κ2) is 5.72. The number of hydrogen-bond donors (Lipinski definition) is 0. The highest BCUT2D eigenvalue weighted by Crippen LogP contribution is 2.16. The van der Waals surface area contributed by atoms with Crippen molar-refractivity contribution in [1.29, 1.82) is 0 Å². The zero-order chi connectivity index (χ0) is 10.6. The summed E-state index contributed by atoms with van der Waals surface area (Å²) in [5.74, 6) is 0. The van der Waals surface area contributed by atoms with E-state index in [0.717, 1.165) is 6.04 Å². The summed E-state index contributed by atoms with van der Waals surface area (Å²) in [6, 6.07) is 1.51. The average Bonchev–Trinajstić information content (AvgIpc) is 2.18. The molecule has 0 radical (unpaired) electrons. The fraction of sp³-hybridized carbons (Fsp3) is 1.00. The zero-order valence-electron chi connectivity index (χ0n) is 10.3. The van der Waals surface area contributed by atoms with Gasteiger partial charge in [0.2, 0.25) is 0 Å². The Morgan fingerprint density at radius 1 is 1.43 bits per heavy atom. The highest BCUT2D eigenvalue weighted by molar-refractivity contribution is 4.80. The molecule has 2 heteroatoms. The maximum absolute atomic E-state index is 2.61. The Labute approximate surface area is 89.3 Å². The molecule has 1 rings (SSSR count). The summed E-state index contributed by atoms with van der Waals surface area (Å²) in [6.07, 6.45) is 4.03. The molecule has 1 heterocycles. The summed E-state index contributed by atoms with van der Waals surface area (Å²) < 4.78 is 0. The molecule has 0 N–H and O–H groups in total. The van der Waals surface area contributed by atoms with Gasteiger partial charge in [-0.05, 0) is 53.2 Å². The summed E-state index contributed by atoms with van der Waals surface area (Å²) in [7, 11) is 2.28. The van der Waals surface area contributed by atoms with E-state index in [0.29, 0.717) is 6.04 Å². The number of rotatable bonds is 4. The van der Waals surface area contributed by atoms with Crippen molar-refractivity contribution in [2.45, 2.75) is 52.1 Å². The molecular weight excluding hydrogens is 172 g/mol. The Hall–Kier alpha value is -0.0800. The summed E-state index contributed by atoms with van der Waals surface area (Å²) in [6.45, 7) is 10.7. The number of likely N-dealkylation sites (tertiary alicyclic amines) is 1. The Balaban J connectivity index is 2.39. The lowest BCUT2D eigenvalue weighted by atomic mass is 10.0. The lowest BCUT2D eigenvalue weighted by Gasteiger charge is -2.39. The molecule has 0 aromatic heterocycles. The minimum Gasteiger partial charge on any atom is -0.302 e. The smallest absolute Gasteiger partial charge is 0.0220 e. The van der Waals surface area contributed by atoms with Gasteiger partial charge in [-0.15, -0.1) is 0 Å². The van der Waals surface area contributed by atoms with E-state index in [-0.39, 0.29) is 0 Å². The van der Waals surface area contributed by atoms with Crippen LogP contribution in [0.4, 0.5) is 0 Å². The van der Waals surface area contributed by atoms with Crippen LogP contribution in [0.15, 0.2) is 0 Å². The van der Waals surface area contributed by atoms with Gasteiger partial charge in [-0.25, -0.2) is 0 Å². The molecule has 14 heavy (non-hydrogen) atoms. The topological polar surface area (TPSA) is 6.48 Å². The van der Waals surface area contributed by atoms with Gasteiger partial charge in [-0.1, -0.05) is 6.92 Å². The monoisotopic (exact) mass is 198 g/mol. The Kier molecular flexibility index (Phi) is 4.90. The van der Waals surface area contributed by atoms with Crippen LogP contribution in [0.1, 0.15) is 40.0 Å². The molecule has 0 aromatic carbocycles. The molecular formula is C12H26N2. The number of likely N-dealkylation sites (N-methyl/N-ethyl adjacent to an activating group) is 1. The molecule has 0 aromatic rings. The highest BCUT2D eigenvalue weighted by atomic mass is 15.2. The maximum Gasteiger partial charge on any atom is 0.0220 e. The lowest BCUT2D eigenvalue weighted by molar-refractivity contribution is 0.0953. The van der Waals surface area contributed by atoms with Gasteiger partial charge in [0.1, 0.15) is 0 Å². The fourth-order valence-electron chi connectivity index (χ4n) is 2.35. The van der Waals surface area contributed by atoms with E-state index in [9.17, 15) is 0 Å². The van der Waals surface area contributed by atoms with Crippen LogP contribution in [0.3, 0.4) is 0 Å². The van der Waals surface area contributed by atoms with E-state index < -0.39 is 0 Å². The van der Waals surface area contributed by atoms with Gasteiger partial charge in [0, 0.05) is 18.6 Å². The second-order valence-electron chi connectivity index (χ2n) is 4.87. The average molecular weight is 198 g/mol. The third kappa shape index (κ3) is 3.25. The van der Waals surface area contributed by atoms with Crippen LogP contribution in [-0.4, -0.2) is 48.6 Å². The third-order valence-electron chi connectivity index (χ3n) is 3.36. The summed E-state index contributed by atoms with van der Waals surface area (Å²) in [4.78, 5) is 5.15. The molecule has 0 spiro atoms. The molecule has 1 aliphatic heterocycles. The van der Waals surface area contributed by atoms with Crippen LogP contribution < -0.4 is 0 Å². The van der Waals surface area contributed by atoms with E-state index in [1.165, 1.54) is 38.9 Å². The first-order chi connectivity index (χ1) is 6.65. The van der Waals surface area contributed by atoms with Crippen LogP contribution in [0, 0.1) is 0 Å². The minimum absolute atomic E-state index is 0.716. The van der Waals surface area contributed by atoms with E-state index in [2.05, 4.69) is 37.6 Å². The molecule has 1 aliphatic rings. The van der Waals surface area contributed by atoms with E-state index in [1.807, 2.05) is 0 Å². The molecule has 1 unspecified atom stereocenters. The van der Waals surface area contributed by atoms with Crippen LogP contribution >= 0.6 is 0 Å². The maximum atomic E-state index is 2.61. The van der Waals surface area contributed by atoms with Crippen molar-refractivity contribution in [3.8, 4) is 0 Å². The first-order valence-electron chi connectivity index (χ1n) is 6.09. The minimum atomic E-state index is 0.716. The third-order valence-corrected chi connectivity index (χ3v) is 3.36. The molecule has 1 fully saturated rings. The summed E-state index contributed by atoms with van der Waals surface area (Å²) in [5, 5.41) is 0. The van der Waals surface area contributed by atoms with Crippen molar-refractivity contribution in [2.24, 2.45) is 0 Å². The predicted molar refractivity (Wildman–Crippen MR) is 62.7 cm³/mol. The Morgan fingerprint density at radius 2 is 2.14 bits per heavy atom. The highest BCUT2D eigenvalue weighted by Gasteiger charge is 2.23. The first-order valence-corrected chi connectivity index (χ1v) is 6.09. The first kappa shape index (κ1) is 12.0. The quantitative estimate of drug-likeness (QED) is 0.683. The normalized spacial score (nSPS) is 24.9. The van der Waals surface area contributed by atoms with E-state index in [4.69, 9.17) is 0 Å². The van der Waals surface area contributed by atoms with Crippen LogP contribution in [0.25, 0.3) is 0 Å². The molecule has 1 saturated heterocycles. The van der Waals surface area contributed by atoms with Crippen LogP contribution in [0.2, 0.25) is 0 Å². The van der Waals surface area contributed by atoms with Crippen LogP contribution in [0.5, 0.6) is 0 Å². The Morgan fingerprint density at radius 3 is 2.71 bits per heavy atom. The summed E-state index contributed by atoms with van der Waals surface area (Å²) >= 11 is 0. The van der Waals surface area contributed by atoms with Gasteiger partial charge >= 0.3 is 0 Å². The lowest BCUT2D eigenvalue weighted by Crippen LogP contribution is -2.48. The largest absolute Gasteiger partial charge is 0.302 e. The number of piperidine rings is 1. The van der Waals surface area contributed by atoms with E-state index >= 15 is 0 Å². The number of nitrogens with zero attached hydrogens (tertiary/aromatic N) is 2. The molecule has 84 valence electrons. The summed E-state index contributed by atoms with van der Waals surface area (Å²) in [5.41, 5.74) is 0. The second-order valence-corrected chi connectivity index (χ2v) is 4.87. The van der Waals surface area contributed by atoms with Gasteiger partial charge in [-0.2, -0.15) is 0 Å². The van der Waals surface area contributed by atoms with Crippen molar-refractivity contribution >= 4 is 0 Å². The molecule has 0 aliphatic carbocycles. The molecule has 0 amide bonds. The van der Waals surface area contributed by atoms with Gasteiger partial charge in [0.25, 0.3) is 0 Å². The van der Waals surface area contributed by atoms with Gasteiger partial charge in [0.15, 0.2) is 0 Å². The standard InChI is InChI=1S/C12H26N2/c1-5-8-13(4)12-7-6-9-14(10-12)11(2)3/h11-12H,5-10H2,1-4H3. The van der Waals surface area contributed by atoms with Crippen LogP contribution in [-0.2, 0) is 0 Å². The predicted octanol–water partition coefficient (Wildman–Crippen LogP) is 2.20. The molecule has 1 atom stereocenters. The van der Waals surface area contributed by atoms with Gasteiger partial charge in [0.05, 0.1) is 0 Å². The Bertz CT molecular complexity index is 156. The van der Waals surface area contributed by atoms with Crippen molar-refractivity contribution < 1.29 is 0 Å². The fourth-order valence-corrected chi connectivity index (χ4v) is 2.35. The zero-order valence-corrected chi connectivity index (χ0v) is 10.3. The van der Waals surface area contributed by atoms with Crippen molar-refractivity contribution in [2.75, 3.05) is 26.7 Å². The van der Waals surface area contributed by atoms with Crippen molar-refractivity contribution in [1.82, 2.24) is 9.80 Å². The van der Waals surface area contributed by atoms with Crippen molar-refractivity contribution in [3.63, 3.8) is 0 Å². The number of hydrogen-bond acceptors (Lipinski definition) is 2. The van der Waals surface area contributed by atoms with Crippen molar-refractivity contribution in [3.05, 3.63) is 0 Å². The molecule has 0 bridgehead atoms. The van der Waals surface area contributed by atoms with Gasteiger partial charge in [-0.3, -0.25) is 4.90 Å². The SMILES string of the molecule is CCCN(C)C1CCCN(C(C)C)C1. The molecule has 2 nitrogen and oxygen atoms in total. The molecule has 0 saturated carbocycles. The van der Waals surface area contributed by atoms with Gasteiger partial charge < -0.3 is 4.90 Å².